The van der Waals surface area contributed by atoms with Gasteiger partial charge >= 0.3 is 12.1 Å². The third-order valence-electron chi connectivity index (χ3n) is 7.25. The topological polar surface area (TPSA) is 97.8 Å². The van der Waals surface area contributed by atoms with Crippen LogP contribution in [0.3, 0.4) is 0 Å². The molecule has 0 saturated carbocycles. The number of carboxylic acid groups (broad SMARTS) is 1. The smallest absolute Gasteiger partial charge is 0.416 e. The zero-order valence-corrected chi connectivity index (χ0v) is 25.3. The molecule has 1 unspecified atom stereocenters. The molecular weight excluding hydrogens is 597 g/mol. The number of hydrogen-bond donors (Lipinski definition) is 2. The number of pyridine rings is 1. The highest BCUT2D eigenvalue weighted by molar-refractivity contribution is 5.97. The number of benzene rings is 4. The lowest BCUT2D eigenvalue weighted by Gasteiger charge is -2.19. The van der Waals surface area contributed by atoms with Crippen LogP contribution in [0.25, 0.3) is 10.8 Å². The van der Waals surface area contributed by atoms with Gasteiger partial charge in [0.1, 0.15) is 28.7 Å². The number of ether oxygens (including phenoxy) is 2. The SMILES string of the molecule is CC(C)(C)c1ccc(Oc2ccc3cnc(C(=O)NC(CC(=O)O)c4ccc(Oc5cccc(C(F)(F)F)c5)cc4)cc3c2)cc1. The lowest BCUT2D eigenvalue weighted by atomic mass is 9.87. The molecule has 0 spiro atoms. The van der Waals surface area contributed by atoms with Crippen LogP contribution in [-0.2, 0) is 16.4 Å². The fourth-order valence-corrected chi connectivity index (χ4v) is 4.76. The highest BCUT2D eigenvalue weighted by atomic mass is 19.4. The molecule has 236 valence electrons. The molecule has 0 fully saturated rings. The van der Waals surface area contributed by atoms with Gasteiger partial charge in [-0.25, -0.2) is 0 Å². The molecule has 0 aliphatic rings. The van der Waals surface area contributed by atoms with Gasteiger partial charge in [-0.05, 0) is 88.7 Å². The largest absolute Gasteiger partial charge is 0.481 e. The van der Waals surface area contributed by atoms with E-state index in [1.54, 1.807) is 30.5 Å². The Labute approximate surface area is 263 Å². The first-order valence-corrected chi connectivity index (χ1v) is 14.4. The summed E-state index contributed by atoms with van der Waals surface area (Å²) in [6.07, 6.45) is -3.38. The van der Waals surface area contributed by atoms with Crippen LogP contribution in [0.2, 0.25) is 0 Å². The summed E-state index contributed by atoms with van der Waals surface area (Å²) in [6.45, 7) is 6.41. The molecule has 5 rings (SSSR count). The Morgan fingerprint density at radius 2 is 1.37 bits per heavy atom. The van der Waals surface area contributed by atoms with Gasteiger partial charge in [-0.15, -0.1) is 0 Å². The summed E-state index contributed by atoms with van der Waals surface area (Å²) >= 11 is 0. The van der Waals surface area contributed by atoms with E-state index < -0.39 is 36.1 Å². The fraction of sp³-hybridized carbons (Fsp3) is 0.194. The Balaban J connectivity index is 1.30. The predicted octanol–water partition coefficient (Wildman–Crippen LogP) is 9.08. The van der Waals surface area contributed by atoms with E-state index in [1.807, 2.05) is 36.4 Å². The van der Waals surface area contributed by atoms with Crippen LogP contribution >= 0.6 is 0 Å². The number of hydrogen-bond acceptors (Lipinski definition) is 5. The van der Waals surface area contributed by atoms with Gasteiger partial charge in [0, 0.05) is 11.6 Å². The Kier molecular flexibility index (Phi) is 9.00. The number of rotatable bonds is 9. The molecule has 0 radical (unpaired) electrons. The summed E-state index contributed by atoms with van der Waals surface area (Å²) in [7, 11) is 0. The van der Waals surface area contributed by atoms with Crippen molar-refractivity contribution in [3.05, 3.63) is 126 Å². The first-order chi connectivity index (χ1) is 21.7. The van der Waals surface area contributed by atoms with Crippen molar-refractivity contribution in [3.8, 4) is 23.0 Å². The van der Waals surface area contributed by atoms with E-state index in [-0.39, 0.29) is 22.6 Å². The number of nitrogens with one attached hydrogen (secondary N) is 1. The molecule has 0 bridgehead atoms. The number of halogens is 3. The van der Waals surface area contributed by atoms with E-state index >= 15 is 0 Å². The highest BCUT2D eigenvalue weighted by Gasteiger charge is 2.30. The summed E-state index contributed by atoms with van der Waals surface area (Å²) in [5, 5.41) is 13.7. The molecule has 10 heteroatoms. The van der Waals surface area contributed by atoms with Gasteiger partial charge in [0.2, 0.25) is 0 Å². The molecule has 1 heterocycles. The van der Waals surface area contributed by atoms with Crippen LogP contribution in [0.5, 0.6) is 23.0 Å². The van der Waals surface area contributed by atoms with Crippen LogP contribution in [0.4, 0.5) is 13.2 Å². The predicted molar refractivity (Wildman–Crippen MR) is 167 cm³/mol. The number of nitrogens with zero attached hydrogens (tertiary/aromatic N) is 1. The van der Waals surface area contributed by atoms with Crippen LogP contribution in [0.15, 0.2) is 103 Å². The maximum Gasteiger partial charge on any atom is 0.416 e. The average molecular weight is 629 g/mol. The average Bonchev–Trinajstić information content (AvgIpc) is 3.00. The zero-order chi connectivity index (χ0) is 33.1. The molecule has 4 aromatic carbocycles. The Morgan fingerprint density at radius 3 is 1.98 bits per heavy atom. The highest BCUT2D eigenvalue weighted by Crippen LogP contribution is 2.33. The van der Waals surface area contributed by atoms with Gasteiger partial charge in [-0.2, -0.15) is 13.2 Å². The Morgan fingerprint density at radius 1 is 0.761 bits per heavy atom. The molecule has 0 saturated heterocycles. The lowest BCUT2D eigenvalue weighted by molar-refractivity contribution is -0.138. The second-order valence-corrected chi connectivity index (χ2v) is 11.8. The summed E-state index contributed by atoms with van der Waals surface area (Å²) in [6, 6.07) is 24.5. The minimum absolute atomic E-state index is 0.00709. The van der Waals surface area contributed by atoms with Gasteiger partial charge in [-0.1, -0.05) is 51.1 Å². The number of amides is 1. The summed E-state index contributed by atoms with van der Waals surface area (Å²) in [5.41, 5.74) is 0.895. The van der Waals surface area contributed by atoms with E-state index in [1.165, 1.54) is 29.8 Å². The third kappa shape index (κ3) is 8.01. The van der Waals surface area contributed by atoms with Gasteiger partial charge in [-0.3, -0.25) is 14.6 Å². The maximum atomic E-state index is 13.2. The number of carboxylic acids is 1. The number of alkyl halides is 3. The molecule has 1 atom stereocenters. The van der Waals surface area contributed by atoms with Crippen molar-refractivity contribution >= 4 is 22.6 Å². The molecule has 0 aliphatic carbocycles. The zero-order valence-electron chi connectivity index (χ0n) is 25.3. The van der Waals surface area contributed by atoms with Crippen LogP contribution in [0.1, 0.15) is 60.4 Å². The van der Waals surface area contributed by atoms with Gasteiger partial charge < -0.3 is 19.9 Å². The van der Waals surface area contributed by atoms with Crippen LogP contribution in [-0.4, -0.2) is 22.0 Å². The standard InChI is InChI=1S/C36H31F3N2O5/c1-35(2,3)25-10-15-28(16-11-25)46-30-14-9-23-21-40-32(18-24(23)17-30)34(44)41-31(20-33(42)43)22-7-12-27(13-8-22)45-29-6-4-5-26(19-29)36(37,38)39/h4-19,21,31H,20H2,1-3H3,(H,41,44)(H,42,43). The molecule has 46 heavy (non-hydrogen) atoms. The third-order valence-corrected chi connectivity index (χ3v) is 7.25. The van der Waals surface area contributed by atoms with Crippen molar-refractivity contribution in [1.82, 2.24) is 10.3 Å². The summed E-state index contributed by atoms with van der Waals surface area (Å²) in [4.78, 5) is 29.2. The number of aromatic nitrogens is 1. The minimum Gasteiger partial charge on any atom is -0.481 e. The first-order valence-electron chi connectivity index (χ1n) is 14.4. The van der Waals surface area contributed by atoms with Crippen LogP contribution in [0, 0.1) is 0 Å². The van der Waals surface area contributed by atoms with Crippen molar-refractivity contribution in [2.75, 3.05) is 0 Å². The Bertz CT molecular complexity index is 1870. The van der Waals surface area contributed by atoms with E-state index in [0.717, 1.165) is 17.5 Å². The molecular formula is C36H31F3N2O5. The fourth-order valence-electron chi connectivity index (χ4n) is 4.76. The number of carbonyl (C=O) groups is 2. The van der Waals surface area contributed by atoms with Crippen LogP contribution < -0.4 is 14.8 Å². The molecule has 7 nitrogen and oxygen atoms in total. The van der Waals surface area contributed by atoms with E-state index in [0.29, 0.717) is 22.4 Å². The molecule has 2 N–H and O–H groups in total. The van der Waals surface area contributed by atoms with Gasteiger partial charge in [0.15, 0.2) is 0 Å². The number of fused-ring (bicyclic) bond motifs is 1. The monoisotopic (exact) mass is 628 g/mol. The minimum atomic E-state index is -4.51. The lowest BCUT2D eigenvalue weighted by Crippen LogP contribution is -2.30. The number of aliphatic carboxylic acids is 1. The molecule has 5 aromatic rings. The molecule has 1 aromatic heterocycles. The van der Waals surface area contributed by atoms with Crippen molar-refractivity contribution in [2.24, 2.45) is 0 Å². The quantitative estimate of drug-likeness (QED) is 0.169. The van der Waals surface area contributed by atoms with Crippen molar-refractivity contribution < 1.29 is 37.3 Å². The van der Waals surface area contributed by atoms with Crippen molar-refractivity contribution in [1.29, 1.82) is 0 Å². The molecule has 0 aliphatic heterocycles. The first kappa shape index (κ1) is 32.0. The summed E-state index contributed by atoms with van der Waals surface area (Å²) < 4.78 is 50.7. The maximum absolute atomic E-state index is 13.2. The van der Waals surface area contributed by atoms with Gasteiger partial charge in [0.05, 0.1) is 18.0 Å². The van der Waals surface area contributed by atoms with Crippen molar-refractivity contribution in [3.63, 3.8) is 0 Å². The molecule has 1 amide bonds. The Hall–Kier alpha value is -5.38. The summed E-state index contributed by atoms with van der Waals surface area (Å²) in [5.74, 6) is -0.248. The second-order valence-electron chi connectivity index (χ2n) is 11.8. The number of carbonyl (C=O) groups excluding carboxylic acids is 1. The second kappa shape index (κ2) is 12.9. The van der Waals surface area contributed by atoms with Gasteiger partial charge in [0.25, 0.3) is 5.91 Å². The van der Waals surface area contributed by atoms with E-state index in [2.05, 4.69) is 31.1 Å². The van der Waals surface area contributed by atoms with E-state index in [9.17, 15) is 27.9 Å². The van der Waals surface area contributed by atoms with Crippen molar-refractivity contribution in [2.45, 2.75) is 44.8 Å². The van der Waals surface area contributed by atoms with E-state index in [4.69, 9.17) is 9.47 Å². The normalized spacial score (nSPS) is 12.4.